The van der Waals surface area contributed by atoms with Crippen LogP contribution in [0.15, 0.2) is 48.5 Å². The van der Waals surface area contributed by atoms with Crippen LogP contribution in [0.4, 0.5) is 16.2 Å². The number of likely N-dealkylation sites (tertiary alicyclic amines) is 1. The first-order chi connectivity index (χ1) is 12.1. The molecule has 7 nitrogen and oxygen atoms in total. The minimum absolute atomic E-state index is 0.147. The summed E-state index contributed by atoms with van der Waals surface area (Å²) >= 11 is 0. The van der Waals surface area contributed by atoms with E-state index >= 15 is 0 Å². The summed E-state index contributed by atoms with van der Waals surface area (Å²) in [6, 6.07) is 14.2. The highest BCUT2D eigenvalue weighted by atomic mass is 16.7. The third-order valence-electron chi connectivity index (χ3n) is 4.16. The number of piperidine rings is 1. The number of nitro groups is 1. The summed E-state index contributed by atoms with van der Waals surface area (Å²) < 4.78 is 0. The van der Waals surface area contributed by atoms with Crippen LogP contribution in [0.1, 0.15) is 19.3 Å². The van der Waals surface area contributed by atoms with E-state index in [2.05, 4.69) is 5.48 Å². The quantitative estimate of drug-likeness (QED) is 0.665. The SMILES string of the molecule is O=C(ONc1cc(-c2ccccc2)ccc1[N+](=O)[O-])N1CCCCC1. The van der Waals surface area contributed by atoms with Gasteiger partial charge in [-0.3, -0.25) is 10.1 Å². The van der Waals surface area contributed by atoms with Gasteiger partial charge in [0.2, 0.25) is 0 Å². The van der Waals surface area contributed by atoms with Crippen molar-refractivity contribution in [3.05, 3.63) is 58.6 Å². The van der Waals surface area contributed by atoms with Crippen LogP contribution < -0.4 is 5.48 Å². The molecule has 1 heterocycles. The van der Waals surface area contributed by atoms with Crippen molar-refractivity contribution in [2.24, 2.45) is 0 Å². The predicted molar refractivity (Wildman–Crippen MR) is 94.1 cm³/mol. The molecule has 1 amide bonds. The van der Waals surface area contributed by atoms with Crippen LogP contribution in [-0.4, -0.2) is 29.0 Å². The van der Waals surface area contributed by atoms with Crippen LogP contribution in [0.2, 0.25) is 0 Å². The van der Waals surface area contributed by atoms with Gasteiger partial charge in [0.1, 0.15) is 5.69 Å². The lowest BCUT2D eigenvalue weighted by molar-refractivity contribution is -0.384. The zero-order chi connectivity index (χ0) is 17.6. The van der Waals surface area contributed by atoms with Crippen LogP contribution in [0.5, 0.6) is 0 Å². The molecule has 0 bridgehead atoms. The monoisotopic (exact) mass is 341 g/mol. The van der Waals surface area contributed by atoms with Crippen molar-refractivity contribution in [1.82, 2.24) is 4.90 Å². The molecule has 25 heavy (non-hydrogen) atoms. The second kappa shape index (κ2) is 7.65. The Morgan fingerprint density at radius 2 is 1.76 bits per heavy atom. The van der Waals surface area contributed by atoms with Gasteiger partial charge in [-0.2, -0.15) is 0 Å². The van der Waals surface area contributed by atoms with E-state index in [9.17, 15) is 14.9 Å². The number of hydrogen-bond donors (Lipinski definition) is 1. The lowest BCUT2D eigenvalue weighted by atomic mass is 10.0. The molecule has 1 N–H and O–H groups in total. The topological polar surface area (TPSA) is 84.7 Å². The normalized spacial score (nSPS) is 14.0. The van der Waals surface area contributed by atoms with Gasteiger partial charge in [-0.25, -0.2) is 10.3 Å². The number of nitro benzene ring substituents is 1. The molecule has 1 fully saturated rings. The molecule has 3 rings (SSSR count). The fourth-order valence-corrected chi connectivity index (χ4v) is 2.83. The maximum atomic E-state index is 12.1. The molecule has 2 aromatic rings. The maximum Gasteiger partial charge on any atom is 0.434 e. The highest BCUT2D eigenvalue weighted by Crippen LogP contribution is 2.30. The second-order valence-corrected chi connectivity index (χ2v) is 5.87. The van der Waals surface area contributed by atoms with E-state index in [-0.39, 0.29) is 11.4 Å². The number of amides is 1. The molecular formula is C18H19N3O4. The molecule has 0 atom stereocenters. The number of nitrogens with zero attached hydrogens (tertiary/aromatic N) is 2. The molecule has 0 radical (unpaired) electrons. The minimum atomic E-state index is -0.515. The van der Waals surface area contributed by atoms with Crippen LogP contribution in [0, 0.1) is 10.1 Å². The van der Waals surface area contributed by atoms with E-state index in [0.717, 1.165) is 30.4 Å². The molecule has 0 aromatic heterocycles. The molecule has 2 aromatic carbocycles. The molecule has 0 aliphatic carbocycles. The molecule has 130 valence electrons. The van der Waals surface area contributed by atoms with Crippen LogP contribution in [0.3, 0.4) is 0 Å². The maximum absolute atomic E-state index is 12.1. The Labute approximate surface area is 145 Å². The predicted octanol–water partition coefficient (Wildman–Crippen LogP) is 4.21. The number of nitrogens with one attached hydrogen (secondary N) is 1. The Morgan fingerprint density at radius 1 is 1.04 bits per heavy atom. The van der Waals surface area contributed by atoms with Crippen molar-refractivity contribution < 1.29 is 14.6 Å². The summed E-state index contributed by atoms with van der Waals surface area (Å²) in [4.78, 5) is 29.5. The van der Waals surface area contributed by atoms with Crippen molar-refractivity contribution in [3.63, 3.8) is 0 Å². The Bertz CT molecular complexity index is 758. The zero-order valence-electron chi connectivity index (χ0n) is 13.7. The van der Waals surface area contributed by atoms with E-state index in [1.54, 1.807) is 17.0 Å². The Balaban J connectivity index is 1.78. The van der Waals surface area contributed by atoms with Crippen molar-refractivity contribution in [2.45, 2.75) is 19.3 Å². The van der Waals surface area contributed by atoms with Crippen molar-refractivity contribution in [2.75, 3.05) is 18.6 Å². The van der Waals surface area contributed by atoms with Gasteiger partial charge in [-0.1, -0.05) is 30.3 Å². The molecular weight excluding hydrogens is 322 g/mol. The van der Waals surface area contributed by atoms with Gasteiger partial charge in [0.25, 0.3) is 5.69 Å². The average molecular weight is 341 g/mol. The van der Waals surface area contributed by atoms with Crippen molar-refractivity contribution >= 4 is 17.5 Å². The van der Waals surface area contributed by atoms with Gasteiger partial charge >= 0.3 is 6.09 Å². The van der Waals surface area contributed by atoms with Gasteiger partial charge < -0.3 is 9.74 Å². The van der Waals surface area contributed by atoms with E-state index < -0.39 is 11.0 Å². The Kier molecular flexibility index (Phi) is 5.13. The average Bonchev–Trinajstić information content (AvgIpc) is 2.67. The number of benzene rings is 2. The lowest BCUT2D eigenvalue weighted by Gasteiger charge is -2.25. The summed E-state index contributed by atoms with van der Waals surface area (Å²) in [6.45, 7) is 1.29. The fraction of sp³-hybridized carbons (Fsp3) is 0.278. The van der Waals surface area contributed by atoms with Crippen LogP contribution in [-0.2, 0) is 4.84 Å². The summed E-state index contributed by atoms with van der Waals surface area (Å²) in [5.74, 6) is 0. The first-order valence-electron chi connectivity index (χ1n) is 8.21. The number of carbonyl (C=O) groups excluding carboxylic acids is 1. The van der Waals surface area contributed by atoms with Crippen LogP contribution >= 0.6 is 0 Å². The molecule has 0 spiro atoms. The van der Waals surface area contributed by atoms with Crippen LogP contribution in [0.25, 0.3) is 11.1 Å². The Hall–Kier alpha value is -3.09. The molecule has 1 aliphatic rings. The standard InChI is InChI=1S/C18H19N3O4/c22-18(20-11-5-2-6-12-20)25-19-16-13-15(9-10-17(16)21(23)24)14-7-3-1-4-8-14/h1,3-4,7-10,13,19H,2,5-6,11-12H2. The third kappa shape index (κ3) is 4.06. The number of hydrogen-bond acceptors (Lipinski definition) is 5. The van der Waals surface area contributed by atoms with E-state index in [1.165, 1.54) is 6.07 Å². The van der Waals surface area contributed by atoms with Crippen molar-refractivity contribution in [1.29, 1.82) is 0 Å². The van der Waals surface area contributed by atoms with Crippen molar-refractivity contribution in [3.8, 4) is 11.1 Å². The lowest BCUT2D eigenvalue weighted by Crippen LogP contribution is -2.37. The van der Waals surface area contributed by atoms with E-state index in [4.69, 9.17) is 4.84 Å². The summed E-state index contributed by atoms with van der Waals surface area (Å²) in [5.41, 5.74) is 4.19. The highest BCUT2D eigenvalue weighted by molar-refractivity contribution is 5.75. The molecule has 1 aliphatic heterocycles. The number of carbonyl (C=O) groups is 1. The molecule has 0 unspecified atom stereocenters. The van der Waals surface area contributed by atoms with Gasteiger partial charge in [0.15, 0.2) is 0 Å². The van der Waals surface area contributed by atoms with Gasteiger partial charge in [-0.15, -0.1) is 0 Å². The summed E-state index contributed by atoms with van der Waals surface area (Å²) in [6.07, 6.45) is 2.47. The first kappa shape index (κ1) is 16.8. The molecule has 7 heteroatoms. The van der Waals surface area contributed by atoms with Gasteiger partial charge in [0.05, 0.1) is 4.92 Å². The Morgan fingerprint density at radius 3 is 2.44 bits per heavy atom. The summed E-state index contributed by atoms with van der Waals surface area (Å²) in [5, 5.41) is 11.2. The second-order valence-electron chi connectivity index (χ2n) is 5.87. The summed E-state index contributed by atoms with van der Waals surface area (Å²) in [7, 11) is 0. The molecule has 0 saturated carbocycles. The third-order valence-corrected chi connectivity index (χ3v) is 4.16. The zero-order valence-corrected chi connectivity index (χ0v) is 13.7. The van der Waals surface area contributed by atoms with E-state index in [0.29, 0.717) is 13.1 Å². The van der Waals surface area contributed by atoms with Gasteiger partial charge in [-0.05, 0) is 42.5 Å². The number of rotatable bonds is 4. The first-order valence-corrected chi connectivity index (χ1v) is 8.21. The van der Waals surface area contributed by atoms with E-state index in [1.807, 2.05) is 30.3 Å². The smallest absolute Gasteiger partial charge is 0.324 e. The van der Waals surface area contributed by atoms with Gasteiger partial charge in [0, 0.05) is 19.2 Å². The fourth-order valence-electron chi connectivity index (χ4n) is 2.83. The highest BCUT2D eigenvalue weighted by Gasteiger charge is 2.20. The molecule has 1 saturated heterocycles. The minimum Gasteiger partial charge on any atom is -0.324 e. The number of anilines is 1. The largest absolute Gasteiger partial charge is 0.434 e.